The minimum Gasteiger partial charge on any atom is -0.388 e. The van der Waals surface area contributed by atoms with Crippen molar-refractivity contribution in [3.8, 4) is 0 Å². The summed E-state index contributed by atoms with van der Waals surface area (Å²) in [4.78, 5) is 59.3. The number of piperidine rings is 1. The van der Waals surface area contributed by atoms with Gasteiger partial charge in [0.1, 0.15) is 11.8 Å². The molecule has 45 heavy (non-hydrogen) atoms. The molecule has 3 aromatic rings. The van der Waals surface area contributed by atoms with E-state index in [-0.39, 0.29) is 41.3 Å². The number of fused-ring (bicyclic) bond motifs is 2. The molecule has 1 aliphatic carbocycles. The molecule has 11 nitrogen and oxygen atoms in total. The van der Waals surface area contributed by atoms with Gasteiger partial charge >= 0.3 is 0 Å². The van der Waals surface area contributed by atoms with Crippen LogP contribution in [0.15, 0.2) is 54.9 Å². The van der Waals surface area contributed by atoms with Crippen molar-refractivity contribution in [1.29, 1.82) is 5.41 Å². The second-order valence-corrected chi connectivity index (χ2v) is 11.5. The highest BCUT2D eigenvalue weighted by Crippen LogP contribution is 2.33. The van der Waals surface area contributed by atoms with Crippen LogP contribution in [0.25, 0.3) is 16.6 Å². The summed E-state index contributed by atoms with van der Waals surface area (Å²) < 4.78 is 26.9. The molecule has 13 heteroatoms. The van der Waals surface area contributed by atoms with Gasteiger partial charge in [-0.3, -0.25) is 39.8 Å². The zero-order chi connectivity index (χ0) is 31.7. The van der Waals surface area contributed by atoms with Crippen LogP contribution in [0.3, 0.4) is 0 Å². The van der Waals surface area contributed by atoms with Crippen molar-refractivity contribution in [3.63, 3.8) is 0 Å². The fraction of sp³-hybridized carbons (Fsp3) is 0.344. The maximum atomic E-state index is 13.5. The van der Waals surface area contributed by atoms with Gasteiger partial charge in [0.15, 0.2) is 0 Å². The predicted octanol–water partition coefficient (Wildman–Crippen LogP) is 3.92. The third-order valence-electron chi connectivity index (χ3n) is 8.49. The number of para-hydroxylation sites is 2. The van der Waals surface area contributed by atoms with Gasteiger partial charge in [-0.25, -0.2) is 13.8 Å². The van der Waals surface area contributed by atoms with E-state index in [0.29, 0.717) is 29.2 Å². The van der Waals surface area contributed by atoms with Gasteiger partial charge in [0.2, 0.25) is 11.8 Å². The van der Waals surface area contributed by atoms with Gasteiger partial charge in [0, 0.05) is 36.5 Å². The first-order valence-electron chi connectivity index (χ1n) is 14.8. The zero-order valence-electron chi connectivity index (χ0n) is 24.2. The lowest BCUT2D eigenvalue weighted by Crippen LogP contribution is -2.54. The Bertz CT molecular complexity index is 1740. The molecule has 0 bridgehead atoms. The number of rotatable bonds is 11. The molecule has 1 saturated carbocycles. The predicted molar refractivity (Wildman–Crippen MR) is 162 cm³/mol. The molecular formula is C32H31F2N7O4. The van der Waals surface area contributed by atoms with Crippen LogP contribution >= 0.6 is 0 Å². The molecule has 2 aromatic carbocycles. The number of amides is 4. The number of nitrogens with one attached hydrogen (secondary N) is 4. The molecule has 1 aromatic heterocycles. The van der Waals surface area contributed by atoms with Crippen LogP contribution in [0.2, 0.25) is 0 Å². The molecule has 1 atom stereocenters. The van der Waals surface area contributed by atoms with Crippen molar-refractivity contribution < 1.29 is 28.0 Å². The van der Waals surface area contributed by atoms with Crippen LogP contribution in [-0.2, 0) is 9.59 Å². The Morgan fingerprint density at radius 3 is 2.58 bits per heavy atom. The summed E-state index contributed by atoms with van der Waals surface area (Å²) in [6.07, 6.45) is 3.61. The average molecular weight is 616 g/mol. The highest BCUT2D eigenvalue weighted by molar-refractivity contribution is 6.24. The maximum absolute atomic E-state index is 13.5. The van der Waals surface area contributed by atoms with Gasteiger partial charge in [0.25, 0.3) is 18.2 Å². The van der Waals surface area contributed by atoms with E-state index in [1.807, 2.05) is 6.07 Å². The van der Waals surface area contributed by atoms with E-state index in [0.717, 1.165) is 30.6 Å². The number of alkyl halides is 2. The number of allylic oxidation sites excluding steroid dienone is 1. The van der Waals surface area contributed by atoms with Crippen LogP contribution in [-0.4, -0.2) is 69.3 Å². The number of anilines is 1. The molecule has 6 rings (SSSR count). The minimum absolute atomic E-state index is 0.0191. The normalized spacial score (nSPS) is 21.5. The number of hydrogen-bond acceptors (Lipinski definition) is 9. The molecule has 3 heterocycles. The first-order valence-corrected chi connectivity index (χ1v) is 14.8. The maximum Gasteiger partial charge on any atom is 0.280 e. The Morgan fingerprint density at radius 1 is 1.07 bits per heavy atom. The number of carbonyl (C=O) groups is 4. The molecule has 0 radical (unpaired) electrons. The zero-order valence-corrected chi connectivity index (χ0v) is 24.2. The van der Waals surface area contributed by atoms with E-state index >= 15 is 0 Å². The summed E-state index contributed by atoms with van der Waals surface area (Å²) in [7, 11) is 0. The number of carbonyl (C=O) groups excluding carboxylic acids is 4. The molecule has 2 fully saturated rings. The van der Waals surface area contributed by atoms with Crippen LogP contribution < -0.4 is 16.0 Å². The molecule has 4 N–H and O–H groups in total. The topological polar surface area (TPSA) is 157 Å². The van der Waals surface area contributed by atoms with Gasteiger partial charge in [-0.1, -0.05) is 12.1 Å². The smallest absolute Gasteiger partial charge is 0.280 e. The summed E-state index contributed by atoms with van der Waals surface area (Å²) in [6.45, 7) is 0.641. The monoisotopic (exact) mass is 615 g/mol. The van der Waals surface area contributed by atoms with Gasteiger partial charge in [-0.05, 0) is 68.4 Å². The second-order valence-electron chi connectivity index (χ2n) is 11.5. The van der Waals surface area contributed by atoms with Gasteiger partial charge < -0.3 is 10.6 Å². The molecule has 3 aliphatic rings. The third-order valence-corrected chi connectivity index (χ3v) is 8.49. The van der Waals surface area contributed by atoms with Crippen LogP contribution in [0.5, 0.6) is 0 Å². The van der Waals surface area contributed by atoms with Crippen molar-refractivity contribution in [3.05, 3.63) is 71.7 Å². The Labute approximate surface area is 257 Å². The lowest BCUT2D eigenvalue weighted by atomic mass is 9.77. The van der Waals surface area contributed by atoms with E-state index in [1.54, 1.807) is 36.4 Å². The molecule has 1 unspecified atom stereocenters. The summed E-state index contributed by atoms with van der Waals surface area (Å²) >= 11 is 0. The minimum atomic E-state index is -2.94. The van der Waals surface area contributed by atoms with Gasteiger partial charge in [-0.2, -0.15) is 0 Å². The van der Waals surface area contributed by atoms with Crippen molar-refractivity contribution in [2.24, 2.45) is 5.92 Å². The fourth-order valence-electron chi connectivity index (χ4n) is 6.01. The third kappa shape index (κ3) is 6.15. The molecular weight excluding hydrogens is 584 g/mol. The van der Waals surface area contributed by atoms with Crippen molar-refractivity contribution in [2.75, 3.05) is 11.9 Å². The first kappa shape index (κ1) is 30.0. The Morgan fingerprint density at radius 2 is 1.82 bits per heavy atom. The van der Waals surface area contributed by atoms with Crippen molar-refractivity contribution in [2.45, 2.75) is 57.0 Å². The summed E-state index contributed by atoms with van der Waals surface area (Å²) in [5.41, 5.74) is 1.78. The van der Waals surface area contributed by atoms with Crippen LogP contribution in [0.1, 0.15) is 64.9 Å². The van der Waals surface area contributed by atoms with Gasteiger partial charge in [-0.15, -0.1) is 0 Å². The second kappa shape index (κ2) is 12.5. The largest absolute Gasteiger partial charge is 0.388 e. The highest BCUT2D eigenvalue weighted by atomic mass is 19.3. The van der Waals surface area contributed by atoms with Crippen molar-refractivity contribution >= 4 is 51.6 Å². The number of hydrogen-bond donors (Lipinski definition) is 4. The van der Waals surface area contributed by atoms with Crippen LogP contribution in [0, 0.1) is 11.3 Å². The fourth-order valence-corrected chi connectivity index (χ4v) is 6.01. The van der Waals surface area contributed by atoms with E-state index in [1.165, 1.54) is 12.4 Å². The van der Waals surface area contributed by atoms with Crippen LogP contribution in [0.4, 0.5) is 14.5 Å². The summed E-state index contributed by atoms with van der Waals surface area (Å²) in [5, 5.41) is 16.6. The van der Waals surface area contributed by atoms with Gasteiger partial charge in [0.05, 0.1) is 34.1 Å². The number of aromatic nitrogens is 2. The van der Waals surface area contributed by atoms with E-state index in [2.05, 4.69) is 25.9 Å². The first-order chi connectivity index (χ1) is 21.7. The molecule has 1 saturated heterocycles. The van der Waals surface area contributed by atoms with E-state index in [9.17, 15) is 28.0 Å². The number of halogens is 2. The highest BCUT2D eigenvalue weighted by Gasteiger charge is 2.44. The Kier molecular flexibility index (Phi) is 8.33. The number of benzene rings is 2. The number of imide groups is 2. The lowest BCUT2D eigenvalue weighted by molar-refractivity contribution is -0.136. The average Bonchev–Trinajstić information content (AvgIpc) is 3.25. The molecule has 232 valence electrons. The Hall–Kier alpha value is -5.07. The summed E-state index contributed by atoms with van der Waals surface area (Å²) in [6, 6.07) is 11.2. The standard InChI is InChI=1S/C32H31F2N7O4/c33-29(34)28(35)22(25-16-38-23-5-1-2-6-24(23)39-25)15-37-19-12-17(13-19)4-3-11-36-18-7-8-20-21(14-18)32(45)41(31(20)44)26-9-10-27(42)40-30(26)43/h1-2,5-8,14-17,19,26,29,35-37H,3-4,9-13H2,(H,40,42,43)/b22-15-,35-28?. The lowest BCUT2D eigenvalue weighted by Gasteiger charge is -2.36. The molecule has 0 spiro atoms. The van der Waals surface area contributed by atoms with E-state index < -0.39 is 41.8 Å². The number of nitrogens with zero attached hydrogens (tertiary/aromatic N) is 3. The SMILES string of the molecule is N=C(/C(=C\NC1CC(CCCNc2ccc3c(c2)C(=O)N(C2CCC(=O)NC2=O)C3=O)C1)c1cnc2ccccc2n1)C(F)F. The molecule has 4 amide bonds. The van der Waals surface area contributed by atoms with E-state index in [4.69, 9.17) is 5.41 Å². The quantitative estimate of drug-likeness (QED) is 0.144. The summed E-state index contributed by atoms with van der Waals surface area (Å²) in [5.74, 6) is -1.69. The van der Waals surface area contributed by atoms with Crippen molar-refractivity contribution in [1.82, 2.24) is 25.5 Å². The Balaban J connectivity index is 0.980. The molecule has 2 aliphatic heterocycles.